The predicted octanol–water partition coefficient (Wildman–Crippen LogP) is 1.78. The number of hydrogen-bond donors (Lipinski definition) is 2. The molecule has 6 nitrogen and oxygen atoms in total. The molecular formula is C13H17NO5S. The van der Waals surface area contributed by atoms with Crippen LogP contribution >= 0.6 is 11.3 Å². The number of carboxylic acids is 2. The standard InChI is InChI=1S/C13H17NO5S/c1-9(13(18)19)8-14(6-2-5-11(15)16)12(17)10-4-3-7-20-10/h3-4,7,9H,2,5-6,8H2,1H3,(H,15,16)(H,18,19). The number of carbonyl (C=O) groups excluding carboxylic acids is 1. The Morgan fingerprint density at radius 1 is 1.35 bits per heavy atom. The molecule has 0 saturated carbocycles. The van der Waals surface area contributed by atoms with Crippen molar-refractivity contribution < 1.29 is 24.6 Å². The highest BCUT2D eigenvalue weighted by atomic mass is 32.1. The third-order valence-corrected chi connectivity index (χ3v) is 3.61. The van der Waals surface area contributed by atoms with Gasteiger partial charge in [-0.1, -0.05) is 13.0 Å². The molecule has 20 heavy (non-hydrogen) atoms. The van der Waals surface area contributed by atoms with E-state index >= 15 is 0 Å². The number of nitrogens with zero attached hydrogens (tertiary/aromatic N) is 1. The zero-order chi connectivity index (χ0) is 15.1. The molecule has 0 spiro atoms. The third kappa shape index (κ3) is 5.00. The summed E-state index contributed by atoms with van der Waals surface area (Å²) in [5.74, 6) is -2.85. The maximum Gasteiger partial charge on any atom is 0.308 e. The van der Waals surface area contributed by atoms with E-state index in [-0.39, 0.29) is 25.4 Å². The van der Waals surface area contributed by atoms with Gasteiger partial charge < -0.3 is 15.1 Å². The number of rotatable bonds is 8. The van der Waals surface area contributed by atoms with Crippen molar-refractivity contribution in [1.29, 1.82) is 0 Å². The summed E-state index contributed by atoms with van der Waals surface area (Å²) >= 11 is 1.28. The van der Waals surface area contributed by atoms with Gasteiger partial charge in [0, 0.05) is 19.5 Å². The maximum atomic E-state index is 12.2. The summed E-state index contributed by atoms with van der Waals surface area (Å²) in [7, 11) is 0. The van der Waals surface area contributed by atoms with Crippen LogP contribution in [-0.4, -0.2) is 46.0 Å². The summed E-state index contributed by atoms with van der Waals surface area (Å²) in [6.45, 7) is 1.83. The fraction of sp³-hybridized carbons (Fsp3) is 0.462. The van der Waals surface area contributed by atoms with Crippen LogP contribution < -0.4 is 0 Å². The molecule has 0 aliphatic heterocycles. The molecule has 1 aromatic rings. The first kappa shape index (κ1) is 16.2. The molecule has 1 amide bonds. The number of carbonyl (C=O) groups is 3. The number of hydrogen-bond acceptors (Lipinski definition) is 4. The number of amides is 1. The van der Waals surface area contributed by atoms with Gasteiger partial charge in [0.15, 0.2) is 0 Å². The smallest absolute Gasteiger partial charge is 0.308 e. The maximum absolute atomic E-state index is 12.2. The molecule has 0 saturated heterocycles. The molecule has 0 fully saturated rings. The van der Waals surface area contributed by atoms with Crippen LogP contribution in [0.1, 0.15) is 29.4 Å². The van der Waals surface area contributed by atoms with Gasteiger partial charge in [0.05, 0.1) is 10.8 Å². The van der Waals surface area contributed by atoms with Gasteiger partial charge in [-0.2, -0.15) is 0 Å². The molecule has 1 atom stereocenters. The second kappa shape index (κ2) is 7.64. The lowest BCUT2D eigenvalue weighted by molar-refractivity contribution is -0.141. The van der Waals surface area contributed by atoms with Crippen LogP contribution in [0.3, 0.4) is 0 Å². The number of carboxylic acid groups (broad SMARTS) is 2. The van der Waals surface area contributed by atoms with Crippen LogP contribution in [0.5, 0.6) is 0 Å². The Bertz CT molecular complexity index is 471. The SMILES string of the molecule is CC(CN(CCCC(=O)O)C(=O)c1cccs1)C(=O)O. The van der Waals surface area contributed by atoms with Crippen molar-refractivity contribution >= 4 is 29.2 Å². The van der Waals surface area contributed by atoms with Gasteiger partial charge in [0.2, 0.25) is 0 Å². The summed E-state index contributed by atoms with van der Waals surface area (Å²) in [6, 6.07) is 3.41. The molecule has 1 rings (SSSR count). The summed E-state index contributed by atoms with van der Waals surface area (Å²) in [5, 5.41) is 19.3. The van der Waals surface area contributed by atoms with Crippen LogP contribution in [-0.2, 0) is 9.59 Å². The topological polar surface area (TPSA) is 94.9 Å². The van der Waals surface area contributed by atoms with E-state index in [0.717, 1.165) is 0 Å². The first-order chi connectivity index (χ1) is 9.41. The molecule has 2 N–H and O–H groups in total. The Hall–Kier alpha value is -1.89. The van der Waals surface area contributed by atoms with Gasteiger partial charge in [-0.25, -0.2) is 0 Å². The van der Waals surface area contributed by atoms with Crippen LogP contribution in [0.15, 0.2) is 17.5 Å². The molecule has 110 valence electrons. The highest BCUT2D eigenvalue weighted by Crippen LogP contribution is 2.14. The van der Waals surface area contributed by atoms with Crippen molar-refractivity contribution in [3.05, 3.63) is 22.4 Å². The molecule has 1 unspecified atom stereocenters. The normalized spacial score (nSPS) is 11.8. The Balaban J connectivity index is 2.70. The van der Waals surface area contributed by atoms with Crippen molar-refractivity contribution in [1.82, 2.24) is 4.90 Å². The van der Waals surface area contributed by atoms with Crippen LogP contribution in [0.25, 0.3) is 0 Å². The monoisotopic (exact) mass is 299 g/mol. The Labute approximate surface area is 120 Å². The average Bonchev–Trinajstić information content (AvgIpc) is 2.89. The lowest BCUT2D eigenvalue weighted by atomic mass is 10.1. The zero-order valence-corrected chi connectivity index (χ0v) is 11.9. The minimum atomic E-state index is -0.979. The molecule has 0 bridgehead atoms. The van der Waals surface area contributed by atoms with Gasteiger partial charge >= 0.3 is 11.9 Å². The first-order valence-corrected chi connectivity index (χ1v) is 7.07. The number of thiophene rings is 1. The molecular weight excluding hydrogens is 282 g/mol. The molecule has 0 aliphatic carbocycles. The highest BCUT2D eigenvalue weighted by Gasteiger charge is 2.22. The van der Waals surface area contributed by atoms with E-state index in [1.54, 1.807) is 17.5 Å². The van der Waals surface area contributed by atoms with Gasteiger partial charge in [0.1, 0.15) is 0 Å². The first-order valence-electron chi connectivity index (χ1n) is 6.19. The van der Waals surface area contributed by atoms with E-state index in [4.69, 9.17) is 10.2 Å². The summed E-state index contributed by atoms with van der Waals surface area (Å²) in [6.07, 6.45) is 0.258. The van der Waals surface area contributed by atoms with Crippen molar-refractivity contribution in [3.8, 4) is 0 Å². The summed E-state index contributed by atoms with van der Waals surface area (Å²) in [4.78, 5) is 35.6. The number of aliphatic carboxylic acids is 2. The summed E-state index contributed by atoms with van der Waals surface area (Å²) < 4.78 is 0. The van der Waals surface area contributed by atoms with Crippen LogP contribution in [0.4, 0.5) is 0 Å². The minimum absolute atomic E-state index is 0.0460. The van der Waals surface area contributed by atoms with E-state index < -0.39 is 17.9 Å². The second-order valence-electron chi connectivity index (χ2n) is 4.47. The van der Waals surface area contributed by atoms with Crippen molar-refractivity contribution in [2.24, 2.45) is 5.92 Å². The molecule has 7 heteroatoms. The van der Waals surface area contributed by atoms with E-state index in [1.807, 2.05) is 0 Å². The van der Waals surface area contributed by atoms with E-state index in [9.17, 15) is 14.4 Å². The lowest BCUT2D eigenvalue weighted by Gasteiger charge is -2.23. The molecule has 1 aromatic heterocycles. The largest absolute Gasteiger partial charge is 0.481 e. The van der Waals surface area contributed by atoms with Crippen molar-refractivity contribution in [2.45, 2.75) is 19.8 Å². The van der Waals surface area contributed by atoms with E-state index in [0.29, 0.717) is 11.3 Å². The quantitative estimate of drug-likeness (QED) is 0.763. The highest BCUT2D eigenvalue weighted by molar-refractivity contribution is 7.12. The predicted molar refractivity (Wildman–Crippen MR) is 73.9 cm³/mol. The lowest BCUT2D eigenvalue weighted by Crippen LogP contribution is -2.37. The van der Waals surface area contributed by atoms with Gasteiger partial charge in [-0.05, 0) is 17.9 Å². The Morgan fingerprint density at radius 2 is 2.05 bits per heavy atom. The second-order valence-corrected chi connectivity index (χ2v) is 5.41. The van der Waals surface area contributed by atoms with Crippen LogP contribution in [0, 0.1) is 5.92 Å². The average molecular weight is 299 g/mol. The molecule has 0 aromatic carbocycles. The van der Waals surface area contributed by atoms with E-state index in [2.05, 4.69) is 0 Å². The van der Waals surface area contributed by atoms with Crippen molar-refractivity contribution in [2.75, 3.05) is 13.1 Å². The Kier molecular flexibility index (Phi) is 6.17. The fourth-order valence-electron chi connectivity index (χ4n) is 1.66. The summed E-state index contributed by atoms with van der Waals surface area (Å²) in [5.41, 5.74) is 0. The molecule has 1 heterocycles. The fourth-order valence-corrected chi connectivity index (χ4v) is 2.35. The van der Waals surface area contributed by atoms with Gasteiger partial charge in [-0.15, -0.1) is 11.3 Å². The van der Waals surface area contributed by atoms with Crippen LogP contribution in [0.2, 0.25) is 0 Å². The Morgan fingerprint density at radius 3 is 2.55 bits per heavy atom. The third-order valence-electron chi connectivity index (χ3n) is 2.75. The van der Waals surface area contributed by atoms with Gasteiger partial charge in [0.25, 0.3) is 5.91 Å². The van der Waals surface area contributed by atoms with E-state index in [1.165, 1.54) is 23.2 Å². The zero-order valence-electron chi connectivity index (χ0n) is 11.1. The molecule has 0 aliphatic rings. The van der Waals surface area contributed by atoms with Crippen molar-refractivity contribution in [3.63, 3.8) is 0 Å². The van der Waals surface area contributed by atoms with Gasteiger partial charge in [-0.3, -0.25) is 14.4 Å². The molecule has 0 radical (unpaired) electrons. The minimum Gasteiger partial charge on any atom is -0.481 e.